The summed E-state index contributed by atoms with van der Waals surface area (Å²) in [6.45, 7) is 7.31. The number of nitrogens with zero attached hydrogens (tertiary/aromatic N) is 2. The van der Waals surface area contributed by atoms with Crippen LogP contribution in [0.5, 0.6) is 0 Å². The van der Waals surface area contributed by atoms with E-state index in [1.807, 2.05) is 11.8 Å². The molecule has 2 atom stereocenters. The fraction of sp³-hybridized carbons (Fsp3) is 0.933. The summed E-state index contributed by atoms with van der Waals surface area (Å²) in [5.41, 5.74) is 0. The van der Waals surface area contributed by atoms with Crippen LogP contribution < -0.4 is 5.32 Å². The first-order valence-electron chi connectivity index (χ1n) is 7.99. The van der Waals surface area contributed by atoms with Crippen molar-refractivity contribution in [3.8, 4) is 0 Å². The van der Waals surface area contributed by atoms with E-state index in [4.69, 9.17) is 4.74 Å². The van der Waals surface area contributed by atoms with E-state index in [-0.39, 0.29) is 18.1 Å². The molecule has 0 aromatic rings. The molecule has 0 aromatic carbocycles. The molecule has 5 heteroatoms. The van der Waals surface area contributed by atoms with E-state index in [2.05, 4.69) is 17.3 Å². The summed E-state index contributed by atoms with van der Waals surface area (Å²) in [5, 5.41) is 3.35. The Balaban J connectivity index is 1.72. The number of likely N-dealkylation sites (N-methyl/N-ethyl adjacent to an activating group) is 1. The van der Waals surface area contributed by atoms with E-state index in [0.717, 1.165) is 52.2 Å². The monoisotopic (exact) mass is 283 g/mol. The molecule has 1 N–H and O–H groups in total. The molecule has 0 radical (unpaired) electrons. The van der Waals surface area contributed by atoms with Gasteiger partial charge >= 0.3 is 0 Å². The average molecular weight is 283 g/mol. The molecule has 0 aromatic heterocycles. The van der Waals surface area contributed by atoms with Crippen molar-refractivity contribution in [2.24, 2.45) is 0 Å². The minimum Gasteiger partial charge on any atom is -0.374 e. The van der Waals surface area contributed by atoms with Crippen LogP contribution in [0.4, 0.5) is 0 Å². The Bertz CT molecular complexity index is 303. The van der Waals surface area contributed by atoms with Gasteiger partial charge in [0.25, 0.3) is 0 Å². The van der Waals surface area contributed by atoms with E-state index >= 15 is 0 Å². The van der Waals surface area contributed by atoms with Crippen LogP contribution in [0.2, 0.25) is 0 Å². The number of nitrogens with one attached hydrogen (secondary N) is 1. The molecule has 0 saturated carbocycles. The van der Waals surface area contributed by atoms with Crippen LogP contribution in [-0.2, 0) is 9.53 Å². The summed E-state index contributed by atoms with van der Waals surface area (Å²) in [4.78, 5) is 16.7. The Morgan fingerprint density at radius 3 is 2.60 bits per heavy atom. The van der Waals surface area contributed by atoms with Crippen molar-refractivity contribution in [1.29, 1.82) is 0 Å². The number of carbonyl (C=O) groups is 1. The molecule has 0 spiro atoms. The second kappa shape index (κ2) is 7.96. The fourth-order valence-electron chi connectivity index (χ4n) is 2.95. The summed E-state index contributed by atoms with van der Waals surface area (Å²) in [6.07, 6.45) is 5.01. The zero-order valence-electron chi connectivity index (χ0n) is 12.9. The Morgan fingerprint density at radius 2 is 1.95 bits per heavy atom. The smallest absolute Gasteiger partial charge is 0.239 e. The standard InChI is InChI=1S/C15H29N3O2/c1-13(15(19)18-7-5-3-4-6-8-18)16-11-14-12-17(2)9-10-20-14/h13-14,16H,3-12H2,1-2H3. The molecule has 0 aliphatic carbocycles. The van der Waals surface area contributed by atoms with E-state index in [1.54, 1.807) is 0 Å². The topological polar surface area (TPSA) is 44.8 Å². The lowest BCUT2D eigenvalue weighted by atomic mass is 10.2. The van der Waals surface area contributed by atoms with Gasteiger partial charge in [-0.05, 0) is 26.8 Å². The molecule has 116 valence electrons. The Hall–Kier alpha value is -0.650. The SMILES string of the molecule is CC(NCC1CN(C)CCO1)C(=O)N1CCCCCC1. The van der Waals surface area contributed by atoms with Crippen LogP contribution in [0.3, 0.4) is 0 Å². The van der Waals surface area contributed by atoms with Crippen LogP contribution in [0, 0.1) is 0 Å². The second-order valence-corrected chi connectivity index (χ2v) is 6.12. The molecule has 5 nitrogen and oxygen atoms in total. The van der Waals surface area contributed by atoms with Gasteiger partial charge in [-0.25, -0.2) is 0 Å². The van der Waals surface area contributed by atoms with Gasteiger partial charge in [0.05, 0.1) is 18.8 Å². The first-order valence-corrected chi connectivity index (χ1v) is 7.99. The molecule has 2 saturated heterocycles. The predicted molar refractivity (Wildman–Crippen MR) is 79.7 cm³/mol. The molecular weight excluding hydrogens is 254 g/mol. The van der Waals surface area contributed by atoms with Crippen molar-refractivity contribution in [2.45, 2.75) is 44.8 Å². The number of morpholine rings is 1. The van der Waals surface area contributed by atoms with E-state index in [9.17, 15) is 4.79 Å². The molecule has 20 heavy (non-hydrogen) atoms. The highest BCUT2D eigenvalue weighted by Gasteiger charge is 2.23. The fourth-order valence-corrected chi connectivity index (χ4v) is 2.95. The van der Waals surface area contributed by atoms with Crippen molar-refractivity contribution in [3.63, 3.8) is 0 Å². The maximum Gasteiger partial charge on any atom is 0.239 e. The van der Waals surface area contributed by atoms with Gasteiger partial charge in [0.15, 0.2) is 0 Å². The Kier molecular flexibility index (Phi) is 6.26. The first-order chi connectivity index (χ1) is 9.66. The highest BCUT2D eigenvalue weighted by Crippen LogP contribution is 2.11. The lowest BCUT2D eigenvalue weighted by Gasteiger charge is -2.31. The molecule has 2 rings (SSSR count). The van der Waals surface area contributed by atoms with Crippen molar-refractivity contribution in [2.75, 3.05) is 46.4 Å². The number of hydrogen-bond donors (Lipinski definition) is 1. The third-order valence-electron chi connectivity index (χ3n) is 4.28. The van der Waals surface area contributed by atoms with Crippen molar-refractivity contribution in [1.82, 2.24) is 15.1 Å². The van der Waals surface area contributed by atoms with Crippen LogP contribution >= 0.6 is 0 Å². The molecule has 1 amide bonds. The number of likely N-dealkylation sites (tertiary alicyclic amines) is 1. The molecular formula is C15H29N3O2. The van der Waals surface area contributed by atoms with Gasteiger partial charge in [0, 0.05) is 32.7 Å². The maximum atomic E-state index is 12.4. The quantitative estimate of drug-likeness (QED) is 0.825. The van der Waals surface area contributed by atoms with E-state index < -0.39 is 0 Å². The van der Waals surface area contributed by atoms with Crippen LogP contribution in [-0.4, -0.2) is 74.2 Å². The highest BCUT2D eigenvalue weighted by molar-refractivity contribution is 5.81. The first kappa shape index (κ1) is 15.7. The van der Waals surface area contributed by atoms with Gasteiger partial charge in [0.1, 0.15) is 0 Å². The molecule has 2 heterocycles. The minimum absolute atomic E-state index is 0.107. The summed E-state index contributed by atoms with van der Waals surface area (Å²) >= 11 is 0. The average Bonchev–Trinajstić information content (AvgIpc) is 2.73. The van der Waals surface area contributed by atoms with Crippen molar-refractivity contribution < 1.29 is 9.53 Å². The third-order valence-corrected chi connectivity index (χ3v) is 4.28. The lowest BCUT2D eigenvalue weighted by molar-refractivity contribution is -0.133. The number of hydrogen-bond acceptors (Lipinski definition) is 4. The van der Waals surface area contributed by atoms with Gasteiger partial charge in [-0.2, -0.15) is 0 Å². The van der Waals surface area contributed by atoms with Crippen molar-refractivity contribution in [3.05, 3.63) is 0 Å². The van der Waals surface area contributed by atoms with Gasteiger partial charge in [-0.1, -0.05) is 12.8 Å². The summed E-state index contributed by atoms with van der Waals surface area (Å²) in [5.74, 6) is 0.246. The largest absolute Gasteiger partial charge is 0.374 e. The zero-order valence-corrected chi connectivity index (χ0v) is 12.9. The Labute approximate surface area is 122 Å². The second-order valence-electron chi connectivity index (χ2n) is 6.12. The Morgan fingerprint density at radius 1 is 1.25 bits per heavy atom. The third kappa shape index (κ3) is 4.72. The number of amides is 1. The van der Waals surface area contributed by atoms with Crippen LogP contribution in [0.1, 0.15) is 32.6 Å². The summed E-state index contributed by atoms with van der Waals surface area (Å²) in [6, 6.07) is -0.107. The predicted octanol–water partition coefficient (Wildman–Crippen LogP) is 0.698. The van der Waals surface area contributed by atoms with Gasteiger partial charge in [0.2, 0.25) is 5.91 Å². The number of ether oxygens (including phenoxy) is 1. The zero-order chi connectivity index (χ0) is 14.4. The minimum atomic E-state index is -0.107. The maximum absolute atomic E-state index is 12.4. The normalized spacial score (nSPS) is 27.1. The van der Waals surface area contributed by atoms with Gasteiger partial charge < -0.3 is 19.9 Å². The molecule has 2 aliphatic rings. The number of rotatable bonds is 4. The van der Waals surface area contributed by atoms with E-state index in [1.165, 1.54) is 12.8 Å². The van der Waals surface area contributed by atoms with Gasteiger partial charge in [-0.15, -0.1) is 0 Å². The molecule has 2 aliphatic heterocycles. The number of carbonyl (C=O) groups excluding carboxylic acids is 1. The summed E-state index contributed by atoms with van der Waals surface area (Å²) < 4.78 is 5.71. The molecule has 2 fully saturated rings. The van der Waals surface area contributed by atoms with Gasteiger partial charge in [-0.3, -0.25) is 4.79 Å². The van der Waals surface area contributed by atoms with Crippen LogP contribution in [0.25, 0.3) is 0 Å². The van der Waals surface area contributed by atoms with Crippen molar-refractivity contribution >= 4 is 5.91 Å². The summed E-state index contributed by atoms with van der Waals surface area (Å²) in [7, 11) is 2.11. The van der Waals surface area contributed by atoms with Crippen LogP contribution in [0.15, 0.2) is 0 Å². The highest BCUT2D eigenvalue weighted by atomic mass is 16.5. The molecule has 0 bridgehead atoms. The van der Waals surface area contributed by atoms with E-state index in [0.29, 0.717) is 0 Å². The molecule has 2 unspecified atom stereocenters. The lowest BCUT2D eigenvalue weighted by Crippen LogP contribution is -2.50.